The minimum atomic E-state index is -0.0732. The Hall–Kier alpha value is -2.02. The molecule has 0 saturated heterocycles. The van der Waals surface area contributed by atoms with Gasteiger partial charge >= 0.3 is 0 Å². The Morgan fingerprint density at radius 3 is 2.56 bits per heavy atom. The molecule has 18 heavy (non-hydrogen) atoms. The molecule has 4 nitrogen and oxygen atoms in total. The molecular weight excluding hydrogens is 226 g/mol. The quantitative estimate of drug-likeness (QED) is 0.867. The van der Waals surface area contributed by atoms with Gasteiger partial charge in [-0.05, 0) is 38.1 Å². The number of amides is 1. The van der Waals surface area contributed by atoms with Crippen LogP contribution >= 0.6 is 0 Å². The maximum atomic E-state index is 12.1. The van der Waals surface area contributed by atoms with Gasteiger partial charge in [-0.2, -0.15) is 5.26 Å². The van der Waals surface area contributed by atoms with Crippen molar-refractivity contribution in [2.75, 3.05) is 18.9 Å². The van der Waals surface area contributed by atoms with E-state index in [-0.39, 0.29) is 11.9 Å². The predicted octanol–water partition coefficient (Wildman–Crippen LogP) is 2.49. The van der Waals surface area contributed by atoms with Gasteiger partial charge in [0, 0.05) is 30.9 Å². The summed E-state index contributed by atoms with van der Waals surface area (Å²) in [7, 11) is 1.72. The molecule has 1 N–H and O–H groups in total. The molecular formula is C14H19N3O. The average molecular weight is 245 g/mol. The van der Waals surface area contributed by atoms with Crippen LogP contribution < -0.4 is 5.32 Å². The summed E-state index contributed by atoms with van der Waals surface area (Å²) in [4.78, 5) is 13.7. The molecule has 1 amide bonds. The SMILES string of the molecule is CCNc1ccc(C(=O)N(C)C(C)CC#N)cc1. The van der Waals surface area contributed by atoms with E-state index >= 15 is 0 Å². The monoisotopic (exact) mass is 245 g/mol. The molecule has 0 radical (unpaired) electrons. The number of nitrogens with one attached hydrogen (secondary N) is 1. The maximum absolute atomic E-state index is 12.1. The molecule has 0 aliphatic carbocycles. The zero-order valence-corrected chi connectivity index (χ0v) is 11.1. The van der Waals surface area contributed by atoms with Gasteiger partial charge in [-0.25, -0.2) is 0 Å². The third kappa shape index (κ3) is 3.49. The van der Waals surface area contributed by atoms with Crippen LogP contribution in [0.4, 0.5) is 5.69 Å². The number of rotatable bonds is 5. The number of nitriles is 1. The molecule has 1 unspecified atom stereocenters. The van der Waals surface area contributed by atoms with Gasteiger partial charge in [-0.3, -0.25) is 4.79 Å². The number of nitrogens with zero attached hydrogens (tertiary/aromatic N) is 2. The van der Waals surface area contributed by atoms with Crippen molar-refractivity contribution >= 4 is 11.6 Å². The number of benzene rings is 1. The number of anilines is 1. The lowest BCUT2D eigenvalue weighted by Gasteiger charge is -2.23. The van der Waals surface area contributed by atoms with E-state index < -0.39 is 0 Å². The van der Waals surface area contributed by atoms with Gasteiger partial charge in [0.05, 0.1) is 12.5 Å². The van der Waals surface area contributed by atoms with Crippen LogP contribution in [0.25, 0.3) is 0 Å². The summed E-state index contributed by atoms with van der Waals surface area (Å²) in [6.45, 7) is 4.75. The Balaban J connectivity index is 2.75. The highest BCUT2D eigenvalue weighted by atomic mass is 16.2. The Bertz CT molecular complexity index is 433. The largest absolute Gasteiger partial charge is 0.385 e. The van der Waals surface area contributed by atoms with Crippen molar-refractivity contribution in [1.82, 2.24) is 4.90 Å². The highest BCUT2D eigenvalue weighted by molar-refractivity contribution is 5.94. The van der Waals surface area contributed by atoms with Crippen molar-refractivity contribution in [3.8, 4) is 6.07 Å². The Labute approximate surface area is 108 Å². The van der Waals surface area contributed by atoms with Crippen molar-refractivity contribution in [2.45, 2.75) is 26.3 Å². The summed E-state index contributed by atoms with van der Waals surface area (Å²) >= 11 is 0. The lowest BCUT2D eigenvalue weighted by atomic mass is 10.1. The molecule has 0 aliphatic heterocycles. The molecule has 0 aliphatic rings. The van der Waals surface area contributed by atoms with Crippen LogP contribution in [0.15, 0.2) is 24.3 Å². The first-order valence-corrected chi connectivity index (χ1v) is 6.08. The number of hydrogen-bond donors (Lipinski definition) is 1. The molecule has 0 aromatic heterocycles. The zero-order chi connectivity index (χ0) is 13.5. The van der Waals surface area contributed by atoms with Crippen molar-refractivity contribution in [3.05, 3.63) is 29.8 Å². The van der Waals surface area contributed by atoms with Crippen LogP contribution in [0.2, 0.25) is 0 Å². The van der Waals surface area contributed by atoms with E-state index in [9.17, 15) is 4.79 Å². The summed E-state index contributed by atoms with van der Waals surface area (Å²) in [5, 5.41) is 11.8. The summed E-state index contributed by atoms with van der Waals surface area (Å²) in [6.07, 6.45) is 0.345. The third-order valence-electron chi connectivity index (χ3n) is 2.88. The van der Waals surface area contributed by atoms with E-state index in [1.54, 1.807) is 24.1 Å². The molecule has 0 fully saturated rings. The van der Waals surface area contributed by atoms with Crippen LogP contribution in [-0.4, -0.2) is 30.4 Å². The summed E-state index contributed by atoms with van der Waals surface area (Å²) in [5.41, 5.74) is 1.64. The smallest absolute Gasteiger partial charge is 0.253 e. The van der Waals surface area contributed by atoms with Crippen LogP contribution in [0.5, 0.6) is 0 Å². The topological polar surface area (TPSA) is 56.1 Å². The second kappa shape index (κ2) is 6.65. The van der Waals surface area contributed by atoms with Crippen LogP contribution in [0, 0.1) is 11.3 Å². The standard InChI is InChI=1S/C14H19N3O/c1-4-16-13-7-5-12(6-8-13)14(18)17(3)11(2)9-10-15/h5-8,11,16H,4,9H2,1-3H3. The first-order valence-electron chi connectivity index (χ1n) is 6.08. The van der Waals surface area contributed by atoms with Gasteiger partial charge in [-0.15, -0.1) is 0 Å². The fraction of sp³-hybridized carbons (Fsp3) is 0.429. The normalized spacial score (nSPS) is 11.4. The lowest BCUT2D eigenvalue weighted by molar-refractivity contribution is 0.0746. The van der Waals surface area contributed by atoms with Crippen LogP contribution in [-0.2, 0) is 0 Å². The fourth-order valence-electron chi connectivity index (χ4n) is 1.61. The molecule has 1 aromatic carbocycles. The van der Waals surface area contributed by atoms with Gasteiger partial charge in [-0.1, -0.05) is 0 Å². The van der Waals surface area contributed by atoms with E-state index in [1.807, 2.05) is 26.0 Å². The molecule has 0 saturated carbocycles. The van der Waals surface area contributed by atoms with Gasteiger partial charge in [0.2, 0.25) is 0 Å². The van der Waals surface area contributed by atoms with Gasteiger partial charge in [0.1, 0.15) is 0 Å². The minimum absolute atomic E-state index is 0.0548. The second-order valence-corrected chi connectivity index (χ2v) is 4.23. The van der Waals surface area contributed by atoms with Crippen molar-refractivity contribution in [3.63, 3.8) is 0 Å². The highest BCUT2D eigenvalue weighted by Gasteiger charge is 2.16. The molecule has 4 heteroatoms. The lowest BCUT2D eigenvalue weighted by Crippen LogP contribution is -2.34. The van der Waals surface area contributed by atoms with E-state index in [4.69, 9.17) is 5.26 Å². The van der Waals surface area contributed by atoms with E-state index in [0.29, 0.717) is 12.0 Å². The van der Waals surface area contributed by atoms with Gasteiger partial charge in [0.25, 0.3) is 5.91 Å². The van der Waals surface area contributed by atoms with Crippen molar-refractivity contribution in [2.24, 2.45) is 0 Å². The molecule has 0 spiro atoms. The van der Waals surface area contributed by atoms with Crippen molar-refractivity contribution in [1.29, 1.82) is 5.26 Å². The first-order chi connectivity index (χ1) is 8.60. The molecule has 0 heterocycles. The minimum Gasteiger partial charge on any atom is -0.385 e. The predicted molar refractivity (Wildman–Crippen MR) is 72.4 cm³/mol. The first kappa shape index (κ1) is 14.0. The van der Waals surface area contributed by atoms with Crippen LogP contribution in [0.3, 0.4) is 0 Å². The summed E-state index contributed by atoms with van der Waals surface area (Å²) in [6, 6.07) is 9.38. The number of carbonyl (C=O) groups excluding carboxylic acids is 1. The highest BCUT2D eigenvalue weighted by Crippen LogP contribution is 2.12. The van der Waals surface area contributed by atoms with Crippen LogP contribution in [0.1, 0.15) is 30.6 Å². The molecule has 1 rings (SSSR count). The summed E-state index contributed by atoms with van der Waals surface area (Å²) < 4.78 is 0. The van der Waals surface area contributed by atoms with Gasteiger partial charge < -0.3 is 10.2 Å². The Morgan fingerprint density at radius 1 is 1.44 bits per heavy atom. The molecule has 1 atom stereocenters. The Morgan fingerprint density at radius 2 is 2.06 bits per heavy atom. The van der Waals surface area contributed by atoms with E-state index in [2.05, 4.69) is 11.4 Å². The average Bonchev–Trinajstić information content (AvgIpc) is 2.38. The number of carbonyl (C=O) groups is 1. The Kier molecular flexibility index (Phi) is 5.19. The molecule has 1 aromatic rings. The second-order valence-electron chi connectivity index (χ2n) is 4.23. The number of hydrogen-bond acceptors (Lipinski definition) is 3. The maximum Gasteiger partial charge on any atom is 0.253 e. The fourth-order valence-corrected chi connectivity index (χ4v) is 1.61. The summed E-state index contributed by atoms with van der Waals surface area (Å²) in [5.74, 6) is -0.0548. The third-order valence-corrected chi connectivity index (χ3v) is 2.88. The van der Waals surface area contributed by atoms with E-state index in [1.165, 1.54) is 0 Å². The zero-order valence-electron chi connectivity index (χ0n) is 11.1. The molecule has 0 bridgehead atoms. The van der Waals surface area contributed by atoms with E-state index in [0.717, 1.165) is 12.2 Å². The molecule has 96 valence electrons. The van der Waals surface area contributed by atoms with Crippen molar-refractivity contribution < 1.29 is 4.79 Å². The van der Waals surface area contributed by atoms with Gasteiger partial charge in [0.15, 0.2) is 0 Å².